The average molecular weight is 206 g/mol. The molecule has 15 heavy (non-hydrogen) atoms. The van der Waals surface area contributed by atoms with Crippen LogP contribution in [-0.2, 0) is 11.3 Å². The molecule has 0 bridgehead atoms. The molecule has 5 heteroatoms. The molecular formula is C10H10N2O3. The Morgan fingerprint density at radius 1 is 1.40 bits per heavy atom. The molecule has 0 saturated carbocycles. The normalized spacial score (nSPS) is 10.7. The maximum atomic E-state index is 11.7. The zero-order valence-electron chi connectivity index (χ0n) is 7.97. The highest BCUT2D eigenvalue weighted by Gasteiger charge is 2.08. The van der Waals surface area contributed by atoms with E-state index in [0.29, 0.717) is 11.0 Å². The van der Waals surface area contributed by atoms with E-state index in [1.54, 1.807) is 24.3 Å². The molecular weight excluding hydrogens is 196 g/mol. The third kappa shape index (κ3) is 1.76. The Labute approximate surface area is 85.0 Å². The predicted molar refractivity (Wildman–Crippen MR) is 54.3 cm³/mol. The molecule has 1 aromatic carbocycles. The second-order valence-corrected chi connectivity index (χ2v) is 3.21. The van der Waals surface area contributed by atoms with E-state index in [1.807, 2.05) is 0 Å². The fourth-order valence-corrected chi connectivity index (χ4v) is 1.38. The van der Waals surface area contributed by atoms with Crippen LogP contribution in [0, 0.1) is 0 Å². The Morgan fingerprint density at radius 2 is 2.13 bits per heavy atom. The zero-order valence-corrected chi connectivity index (χ0v) is 7.97. The smallest absolute Gasteiger partial charge is 0.290 e. The van der Waals surface area contributed by atoms with Gasteiger partial charge in [0, 0.05) is 6.42 Å². The highest BCUT2D eigenvalue weighted by Crippen LogP contribution is 2.09. The van der Waals surface area contributed by atoms with Gasteiger partial charge >= 0.3 is 0 Å². The van der Waals surface area contributed by atoms with E-state index in [1.165, 1.54) is 0 Å². The van der Waals surface area contributed by atoms with Gasteiger partial charge in [0.1, 0.15) is 0 Å². The maximum Gasteiger partial charge on any atom is 0.290 e. The molecule has 0 spiro atoms. The first-order valence-electron chi connectivity index (χ1n) is 4.55. The van der Waals surface area contributed by atoms with Crippen molar-refractivity contribution >= 4 is 16.9 Å². The van der Waals surface area contributed by atoms with E-state index in [4.69, 9.17) is 10.3 Å². The van der Waals surface area contributed by atoms with Crippen molar-refractivity contribution in [3.05, 3.63) is 34.6 Å². The minimum absolute atomic E-state index is 0.0970. The summed E-state index contributed by atoms with van der Waals surface area (Å²) in [4.78, 5) is 22.2. The summed E-state index contributed by atoms with van der Waals surface area (Å²) in [5.74, 6) is -0.456. The molecule has 5 nitrogen and oxygen atoms in total. The van der Waals surface area contributed by atoms with Crippen molar-refractivity contribution in [1.82, 2.24) is 4.74 Å². The quantitative estimate of drug-likeness (QED) is 0.792. The highest BCUT2D eigenvalue weighted by atomic mass is 16.5. The molecule has 1 amide bonds. The number of carbonyl (C=O) groups excluding carboxylic acids is 1. The van der Waals surface area contributed by atoms with E-state index < -0.39 is 5.91 Å². The van der Waals surface area contributed by atoms with Crippen LogP contribution in [0.3, 0.4) is 0 Å². The van der Waals surface area contributed by atoms with Gasteiger partial charge in [0.25, 0.3) is 5.56 Å². The van der Waals surface area contributed by atoms with Crippen LogP contribution in [0.4, 0.5) is 0 Å². The maximum absolute atomic E-state index is 11.7. The lowest BCUT2D eigenvalue weighted by Gasteiger charge is -1.94. The van der Waals surface area contributed by atoms with Gasteiger partial charge in [-0.15, -0.1) is 0 Å². The number of hydrogen-bond acceptors (Lipinski definition) is 3. The third-order valence-electron chi connectivity index (χ3n) is 2.11. The molecule has 2 N–H and O–H groups in total. The summed E-state index contributed by atoms with van der Waals surface area (Å²) in [7, 11) is 0. The van der Waals surface area contributed by atoms with E-state index in [9.17, 15) is 9.59 Å². The molecule has 78 valence electrons. The minimum atomic E-state index is -0.456. The van der Waals surface area contributed by atoms with Crippen LogP contribution in [0.5, 0.6) is 0 Å². The van der Waals surface area contributed by atoms with E-state index in [-0.39, 0.29) is 18.5 Å². The molecule has 0 aliphatic rings. The van der Waals surface area contributed by atoms with Crippen molar-refractivity contribution < 1.29 is 9.32 Å². The van der Waals surface area contributed by atoms with Crippen LogP contribution in [0.25, 0.3) is 11.0 Å². The number of carbonyl (C=O) groups is 1. The Balaban J connectivity index is 2.40. The number of rotatable bonds is 3. The Kier molecular flexibility index (Phi) is 2.29. The second kappa shape index (κ2) is 3.61. The van der Waals surface area contributed by atoms with E-state index in [2.05, 4.69) is 0 Å². The second-order valence-electron chi connectivity index (χ2n) is 3.21. The van der Waals surface area contributed by atoms with E-state index in [0.717, 1.165) is 4.74 Å². The van der Waals surface area contributed by atoms with Crippen molar-refractivity contribution in [2.45, 2.75) is 13.0 Å². The summed E-state index contributed by atoms with van der Waals surface area (Å²) in [5.41, 5.74) is 5.28. The lowest BCUT2D eigenvalue weighted by molar-refractivity contribution is -0.118. The first-order chi connectivity index (χ1) is 7.18. The summed E-state index contributed by atoms with van der Waals surface area (Å²) >= 11 is 0. The number of benzene rings is 1. The molecule has 1 aromatic heterocycles. The number of fused-ring (bicyclic) bond motifs is 1. The minimum Gasteiger partial charge on any atom is -0.376 e. The number of nitrogens with two attached hydrogens (primary N) is 1. The van der Waals surface area contributed by atoms with Gasteiger partial charge in [-0.3, -0.25) is 9.59 Å². The number of amides is 1. The van der Waals surface area contributed by atoms with Gasteiger partial charge in [-0.25, -0.2) is 0 Å². The van der Waals surface area contributed by atoms with Crippen LogP contribution < -0.4 is 11.3 Å². The largest absolute Gasteiger partial charge is 0.376 e. The first-order valence-corrected chi connectivity index (χ1v) is 4.55. The Bertz CT molecular complexity index is 553. The molecule has 0 unspecified atom stereocenters. The number of hydrogen-bond donors (Lipinski definition) is 1. The van der Waals surface area contributed by atoms with Crippen LogP contribution in [0.2, 0.25) is 0 Å². The zero-order chi connectivity index (χ0) is 10.8. The number of nitrogens with zero attached hydrogens (tertiary/aromatic N) is 1. The number of primary amides is 1. The summed E-state index contributed by atoms with van der Waals surface area (Å²) in [6.07, 6.45) is 0.0970. The van der Waals surface area contributed by atoms with Gasteiger partial charge in [-0.1, -0.05) is 12.1 Å². The molecule has 0 radical (unpaired) electrons. The summed E-state index contributed by atoms with van der Waals surface area (Å²) < 4.78 is 6.39. The lowest BCUT2D eigenvalue weighted by Crippen LogP contribution is -2.19. The number of aryl methyl sites for hydroxylation is 1. The van der Waals surface area contributed by atoms with Gasteiger partial charge in [-0.2, -0.15) is 4.74 Å². The fraction of sp³-hybridized carbons (Fsp3) is 0.200. The Hall–Kier alpha value is -2.04. The van der Waals surface area contributed by atoms with Gasteiger partial charge in [0.15, 0.2) is 5.58 Å². The van der Waals surface area contributed by atoms with Crippen LogP contribution in [0.1, 0.15) is 6.42 Å². The van der Waals surface area contributed by atoms with Crippen molar-refractivity contribution in [2.24, 2.45) is 5.73 Å². The molecule has 0 aliphatic carbocycles. The summed E-state index contributed by atoms with van der Waals surface area (Å²) in [5, 5.41) is 0.516. The SMILES string of the molecule is NC(=O)CCn1oc2ccccc2c1=O. The molecule has 0 saturated heterocycles. The van der Waals surface area contributed by atoms with Crippen LogP contribution in [0.15, 0.2) is 33.6 Å². The van der Waals surface area contributed by atoms with Crippen LogP contribution >= 0.6 is 0 Å². The van der Waals surface area contributed by atoms with Gasteiger partial charge in [0.05, 0.1) is 11.9 Å². The third-order valence-corrected chi connectivity index (χ3v) is 2.11. The standard InChI is InChI=1S/C10H10N2O3/c11-9(13)5-6-12-10(14)7-3-1-2-4-8(7)15-12/h1-4H,5-6H2,(H2,11,13). The lowest BCUT2D eigenvalue weighted by atomic mass is 10.3. The number of aromatic nitrogens is 1. The molecule has 1 heterocycles. The van der Waals surface area contributed by atoms with Crippen molar-refractivity contribution in [3.63, 3.8) is 0 Å². The van der Waals surface area contributed by atoms with Crippen molar-refractivity contribution in [3.8, 4) is 0 Å². The molecule has 2 rings (SSSR count). The summed E-state index contributed by atoms with van der Waals surface area (Å²) in [6, 6.07) is 6.93. The Morgan fingerprint density at radius 3 is 2.80 bits per heavy atom. The highest BCUT2D eigenvalue weighted by molar-refractivity contribution is 5.75. The van der Waals surface area contributed by atoms with Gasteiger partial charge in [0.2, 0.25) is 5.91 Å². The molecule has 0 aliphatic heterocycles. The predicted octanol–water partition coefficient (Wildman–Crippen LogP) is 0.470. The van der Waals surface area contributed by atoms with Gasteiger partial charge in [-0.05, 0) is 12.1 Å². The molecule has 2 aromatic rings. The van der Waals surface area contributed by atoms with E-state index >= 15 is 0 Å². The fourth-order valence-electron chi connectivity index (χ4n) is 1.38. The molecule has 0 atom stereocenters. The number of para-hydroxylation sites is 1. The summed E-state index contributed by atoms with van der Waals surface area (Å²) in [6.45, 7) is 0.183. The van der Waals surface area contributed by atoms with Crippen molar-refractivity contribution in [2.75, 3.05) is 0 Å². The van der Waals surface area contributed by atoms with Crippen LogP contribution in [-0.4, -0.2) is 10.6 Å². The first kappa shape index (κ1) is 9.51. The van der Waals surface area contributed by atoms with Gasteiger partial charge < -0.3 is 10.3 Å². The average Bonchev–Trinajstić information content (AvgIpc) is 2.54. The van der Waals surface area contributed by atoms with Crippen molar-refractivity contribution in [1.29, 1.82) is 0 Å². The monoisotopic (exact) mass is 206 g/mol. The molecule has 0 fully saturated rings. The topological polar surface area (TPSA) is 78.2 Å².